The summed E-state index contributed by atoms with van der Waals surface area (Å²) in [6.07, 6.45) is -0.320. The minimum Gasteiger partial charge on any atom is -0.493 e. The molecular weight excluding hydrogens is 292 g/mol. The van der Waals surface area contributed by atoms with Crippen molar-refractivity contribution in [2.75, 3.05) is 33.4 Å². The maximum Gasteiger partial charge on any atom is 0.179 e. The molecule has 1 aromatic carbocycles. The van der Waals surface area contributed by atoms with Crippen molar-refractivity contribution in [1.82, 2.24) is 10.6 Å². The predicted molar refractivity (Wildman–Crippen MR) is 85.4 cm³/mol. The van der Waals surface area contributed by atoms with Gasteiger partial charge in [0.1, 0.15) is 0 Å². The largest absolute Gasteiger partial charge is 0.493 e. The summed E-state index contributed by atoms with van der Waals surface area (Å²) in [4.78, 5) is 0. The molecule has 1 rings (SSSR count). The second kappa shape index (κ2) is 9.84. The van der Waals surface area contributed by atoms with Crippen LogP contribution >= 0.6 is 11.6 Å². The SMILES string of the molecule is CCOc1c(Cl)cc(CNCCNC[C@@H](C)O)cc1OC. The third-order valence-electron chi connectivity index (χ3n) is 2.83. The fourth-order valence-electron chi connectivity index (χ4n) is 1.88. The molecule has 120 valence electrons. The van der Waals surface area contributed by atoms with E-state index in [0.717, 1.165) is 18.7 Å². The van der Waals surface area contributed by atoms with Crippen molar-refractivity contribution in [2.24, 2.45) is 0 Å². The van der Waals surface area contributed by atoms with Crippen LogP contribution < -0.4 is 20.1 Å². The Bertz CT molecular complexity index is 428. The van der Waals surface area contributed by atoms with Crippen LogP contribution in [0.25, 0.3) is 0 Å². The molecule has 1 atom stereocenters. The highest BCUT2D eigenvalue weighted by Crippen LogP contribution is 2.36. The van der Waals surface area contributed by atoms with Crippen LogP contribution in [0.3, 0.4) is 0 Å². The Hall–Kier alpha value is -1.01. The molecule has 0 aliphatic rings. The van der Waals surface area contributed by atoms with E-state index in [0.29, 0.717) is 36.2 Å². The molecule has 0 aliphatic carbocycles. The van der Waals surface area contributed by atoms with Crippen molar-refractivity contribution < 1.29 is 14.6 Å². The van der Waals surface area contributed by atoms with Crippen LogP contribution in [-0.4, -0.2) is 44.6 Å². The summed E-state index contributed by atoms with van der Waals surface area (Å²) in [7, 11) is 1.60. The summed E-state index contributed by atoms with van der Waals surface area (Å²) in [5.74, 6) is 1.23. The highest BCUT2D eigenvalue weighted by Gasteiger charge is 2.11. The molecule has 3 N–H and O–H groups in total. The van der Waals surface area contributed by atoms with E-state index in [1.54, 1.807) is 14.0 Å². The fraction of sp³-hybridized carbons (Fsp3) is 0.600. The van der Waals surface area contributed by atoms with Gasteiger partial charge in [0, 0.05) is 26.2 Å². The Morgan fingerprint density at radius 2 is 2.00 bits per heavy atom. The lowest BCUT2D eigenvalue weighted by atomic mass is 10.2. The maximum absolute atomic E-state index is 9.12. The first-order valence-corrected chi connectivity index (χ1v) is 7.55. The Balaban J connectivity index is 2.47. The van der Waals surface area contributed by atoms with Crippen LogP contribution in [0.2, 0.25) is 5.02 Å². The molecule has 0 saturated carbocycles. The summed E-state index contributed by atoms with van der Waals surface area (Å²) < 4.78 is 10.8. The molecule has 0 aromatic heterocycles. The van der Waals surface area contributed by atoms with E-state index in [1.807, 2.05) is 19.1 Å². The number of halogens is 1. The normalized spacial score (nSPS) is 12.2. The zero-order valence-electron chi connectivity index (χ0n) is 12.9. The lowest BCUT2D eigenvalue weighted by Gasteiger charge is -2.13. The molecule has 0 aliphatic heterocycles. The van der Waals surface area contributed by atoms with Crippen LogP contribution in [0.1, 0.15) is 19.4 Å². The van der Waals surface area contributed by atoms with Crippen molar-refractivity contribution >= 4 is 11.6 Å². The molecule has 0 amide bonds. The van der Waals surface area contributed by atoms with Gasteiger partial charge in [-0.2, -0.15) is 0 Å². The summed E-state index contributed by atoms with van der Waals surface area (Å²) in [6.45, 7) is 7.11. The van der Waals surface area contributed by atoms with Crippen LogP contribution in [0, 0.1) is 0 Å². The van der Waals surface area contributed by atoms with Gasteiger partial charge in [-0.3, -0.25) is 0 Å². The molecule has 0 fully saturated rings. The number of hydrogen-bond acceptors (Lipinski definition) is 5. The topological polar surface area (TPSA) is 62.8 Å². The Morgan fingerprint density at radius 3 is 2.62 bits per heavy atom. The zero-order valence-corrected chi connectivity index (χ0v) is 13.7. The van der Waals surface area contributed by atoms with Gasteiger partial charge >= 0.3 is 0 Å². The number of ether oxygens (including phenoxy) is 2. The predicted octanol–water partition coefficient (Wildman–Crippen LogP) is 1.81. The van der Waals surface area contributed by atoms with E-state index in [4.69, 9.17) is 26.2 Å². The van der Waals surface area contributed by atoms with Gasteiger partial charge in [0.15, 0.2) is 11.5 Å². The monoisotopic (exact) mass is 316 g/mol. The lowest BCUT2D eigenvalue weighted by molar-refractivity contribution is 0.191. The van der Waals surface area contributed by atoms with Gasteiger partial charge in [0.2, 0.25) is 0 Å². The van der Waals surface area contributed by atoms with Gasteiger partial charge in [-0.1, -0.05) is 11.6 Å². The molecule has 6 heteroatoms. The minimum atomic E-state index is -0.320. The molecule has 0 saturated heterocycles. The standard InChI is InChI=1S/C15H25ClN2O3/c1-4-21-15-13(16)7-12(8-14(15)20-3)10-18-6-5-17-9-11(2)19/h7-8,11,17-19H,4-6,9-10H2,1-3H3/t11-/m1/s1. The number of aliphatic hydroxyl groups excluding tert-OH is 1. The number of hydrogen-bond donors (Lipinski definition) is 3. The Labute approximate surface area is 131 Å². The van der Waals surface area contributed by atoms with Gasteiger partial charge in [0.25, 0.3) is 0 Å². The van der Waals surface area contributed by atoms with Crippen LogP contribution in [0.4, 0.5) is 0 Å². The van der Waals surface area contributed by atoms with E-state index < -0.39 is 0 Å². The molecule has 0 radical (unpaired) electrons. The summed E-state index contributed by atoms with van der Waals surface area (Å²) in [5, 5.41) is 16.1. The summed E-state index contributed by atoms with van der Waals surface area (Å²) >= 11 is 6.22. The van der Waals surface area contributed by atoms with E-state index >= 15 is 0 Å². The Morgan fingerprint density at radius 1 is 1.29 bits per heavy atom. The quantitative estimate of drug-likeness (QED) is 0.575. The first-order valence-electron chi connectivity index (χ1n) is 7.17. The van der Waals surface area contributed by atoms with Gasteiger partial charge in [-0.15, -0.1) is 0 Å². The molecule has 1 aromatic rings. The summed E-state index contributed by atoms with van der Waals surface area (Å²) in [5.41, 5.74) is 1.04. The first kappa shape index (κ1) is 18.0. The third kappa shape index (κ3) is 6.52. The van der Waals surface area contributed by atoms with Crippen LogP contribution in [0.5, 0.6) is 11.5 Å². The van der Waals surface area contributed by atoms with Crippen LogP contribution in [0.15, 0.2) is 12.1 Å². The second-order valence-corrected chi connectivity index (χ2v) is 5.18. The van der Waals surface area contributed by atoms with Gasteiger partial charge in [-0.05, 0) is 31.5 Å². The fourth-order valence-corrected chi connectivity index (χ4v) is 2.17. The highest BCUT2D eigenvalue weighted by molar-refractivity contribution is 6.32. The number of rotatable bonds is 10. The molecular formula is C15H25ClN2O3. The maximum atomic E-state index is 9.12. The van der Waals surface area contributed by atoms with Crippen molar-refractivity contribution in [3.63, 3.8) is 0 Å². The van der Waals surface area contributed by atoms with E-state index in [9.17, 15) is 0 Å². The number of aliphatic hydroxyl groups is 1. The highest BCUT2D eigenvalue weighted by atomic mass is 35.5. The summed E-state index contributed by atoms with van der Waals surface area (Å²) in [6, 6.07) is 3.80. The average molecular weight is 317 g/mol. The number of nitrogens with one attached hydrogen (secondary N) is 2. The van der Waals surface area contributed by atoms with Crippen molar-refractivity contribution in [2.45, 2.75) is 26.5 Å². The smallest absolute Gasteiger partial charge is 0.179 e. The molecule has 0 unspecified atom stereocenters. The minimum absolute atomic E-state index is 0.320. The third-order valence-corrected chi connectivity index (χ3v) is 3.11. The number of methoxy groups -OCH3 is 1. The first-order chi connectivity index (χ1) is 10.1. The van der Waals surface area contributed by atoms with Crippen molar-refractivity contribution in [1.29, 1.82) is 0 Å². The van der Waals surface area contributed by atoms with Gasteiger partial charge < -0.3 is 25.2 Å². The van der Waals surface area contributed by atoms with Gasteiger partial charge in [0.05, 0.1) is 24.8 Å². The van der Waals surface area contributed by atoms with E-state index in [1.165, 1.54) is 0 Å². The molecule has 0 bridgehead atoms. The lowest BCUT2D eigenvalue weighted by Crippen LogP contribution is -2.31. The van der Waals surface area contributed by atoms with Crippen molar-refractivity contribution in [3.8, 4) is 11.5 Å². The van der Waals surface area contributed by atoms with E-state index in [2.05, 4.69) is 10.6 Å². The molecule has 5 nitrogen and oxygen atoms in total. The van der Waals surface area contributed by atoms with Crippen LogP contribution in [-0.2, 0) is 6.54 Å². The van der Waals surface area contributed by atoms with Crippen molar-refractivity contribution in [3.05, 3.63) is 22.7 Å². The zero-order chi connectivity index (χ0) is 15.7. The average Bonchev–Trinajstić information content (AvgIpc) is 2.44. The molecule has 0 heterocycles. The molecule has 0 spiro atoms. The second-order valence-electron chi connectivity index (χ2n) is 4.77. The van der Waals surface area contributed by atoms with Gasteiger partial charge in [-0.25, -0.2) is 0 Å². The Kier molecular flexibility index (Phi) is 8.45. The number of benzene rings is 1. The molecule has 21 heavy (non-hydrogen) atoms. The van der Waals surface area contributed by atoms with E-state index in [-0.39, 0.29) is 6.10 Å².